The lowest BCUT2D eigenvalue weighted by atomic mass is 10.2. The Morgan fingerprint density at radius 2 is 1.91 bits per heavy atom. The first-order valence-electron chi connectivity index (χ1n) is 11.5. The normalized spacial score (nSPS) is 20.7. The van der Waals surface area contributed by atoms with Crippen LogP contribution in [-0.2, 0) is 0 Å². The first-order valence-corrected chi connectivity index (χ1v) is 11.5. The topological polar surface area (TPSA) is 111 Å². The van der Waals surface area contributed by atoms with Gasteiger partial charge in [-0.3, -0.25) is 0 Å². The van der Waals surface area contributed by atoms with Crippen molar-refractivity contribution in [3.63, 3.8) is 0 Å². The average Bonchev–Trinajstić information content (AvgIpc) is 3.25. The summed E-state index contributed by atoms with van der Waals surface area (Å²) in [5, 5.41) is 17.8. The van der Waals surface area contributed by atoms with E-state index in [1.807, 2.05) is 45.7 Å². The van der Waals surface area contributed by atoms with Crippen LogP contribution in [0.5, 0.6) is 17.2 Å². The van der Waals surface area contributed by atoms with E-state index >= 15 is 0 Å². The average molecular weight is 478 g/mol. The van der Waals surface area contributed by atoms with Crippen molar-refractivity contribution >= 4 is 23.1 Å². The van der Waals surface area contributed by atoms with Gasteiger partial charge < -0.3 is 34.1 Å². The van der Waals surface area contributed by atoms with Crippen LogP contribution in [0.15, 0.2) is 43.0 Å². The number of ether oxygens (including phenoxy) is 3. The maximum Gasteiger partial charge on any atom is 0.248 e. The minimum Gasteiger partial charge on any atom is -0.493 e. The quantitative estimate of drug-likeness (QED) is 0.396. The molecule has 0 bridgehead atoms. The van der Waals surface area contributed by atoms with Gasteiger partial charge in [-0.05, 0) is 30.9 Å². The summed E-state index contributed by atoms with van der Waals surface area (Å²) in [6.45, 7) is 0.117. The number of methoxy groups -OCH3 is 3. The molecule has 3 aromatic heterocycles. The summed E-state index contributed by atoms with van der Waals surface area (Å²) in [5.41, 5.74) is 1.72. The number of benzene rings is 1. The molecule has 3 atom stereocenters. The van der Waals surface area contributed by atoms with Crippen LogP contribution in [0.25, 0.3) is 11.2 Å². The number of nitrogens with zero attached hydrogens (tertiary/aromatic N) is 6. The summed E-state index contributed by atoms with van der Waals surface area (Å²) in [6.07, 6.45) is 7.58. The highest BCUT2D eigenvalue weighted by Gasteiger charge is 2.52. The number of hydrogen-bond acceptors (Lipinski definition) is 9. The van der Waals surface area contributed by atoms with Gasteiger partial charge in [0, 0.05) is 24.4 Å². The molecule has 2 N–H and O–H groups in total. The number of imidazole rings is 1. The predicted octanol–water partition coefficient (Wildman–Crippen LogP) is 2.64. The second-order valence-corrected chi connectivity index (χ2v) is 8.81. The number of hydrogen-bond donors (Lipinski definition) is 2. The van der Waals surface area contributed by atoms with E-state index in [9.17, 15) is 5.11 Å². The molecule has 6 rings (SSSR count). The van der Waals surface area contributed by atoms with E-state index < -0.39 is 0 Å². The number of anilines is 3. The van der Waals surface area contributed by atoms with E-state index in [2.05, 4.69) is 20.3 Å². The molecule has 1 saturated heterocycles. The molecule has 1 aliphatic heterocycles. The van der Waals surface area contributed by atoms with Gasteiger partial charge in [0.15, 0.2) is 23.1 Å². The fourth-order valence-corrected chi connectivity index (χ4v) is 5.07. The van der Waals surface area contributed by atoms with E-state index in [4.69, 9.17) is 19.2 Å². The fraction of sp³-hybridized carbons (Fsp3) is 0.375. The number of aromatic nitrogens is 5. The Morgan fingerprint density at radius 1 is 1.11 bits per heavy atom. The molecule has 35 heavy (non-hydrogen) atoms. The van der Waals surface area contributed by atoms with E-state index in [0.29, 0.717) is 41.0 Å². The third-order valence-electron chi connectivity index (χ3n) is 6.81. The Morgan fingerprint density at radius 3 is 2.63 bits per heavy atom. The van der Waals surface area contributed by atoms with Crippen LogP contribution in [0.2, 0.25) is 0 Å². The van der Waals surface area contributed by atoms with Gasteiger partial charge >= 0.3 is 0 Å². The van der Waals surface area contributed by atoms with Crippen LogP contribution in [0.4, 0.5) is 17.6 Å². The highest BCUT2D eigenvalue weighted by molar-refractivity contribution is 5.72. The Labute approximate surface area is 201 Å². The molecule has 0 amide bonds. The minimum atomic E-state index is 0.0828. The second kappa shape index (κ2) is 8.35. The molecule has 0 radical (unpaired) electrons. The number of aliphatic hydroxyl groups excluding tert-OH is 1. The molecule has 182 valence electrons. The molecular formula is C24H27N7O4. The fourth-order valence-electron chi connectivity index (χ4n) is 5.07. The maximum absolute atomic E-state index is 9.94. The molecule has 11 heteroatoms. The first-order chi connectivity index (χ1) is 17.1. The highest BCUT2D eigenvalue weighted by Crippen LogP contribution is 2.50. The molecule has 1 aliphatic carbocycles. The summed E-state index contributed by atoms with van der Waals surface area (Å²) >= 11 is 0. The Bertz CT molecular complexity index is 1360. The predicted molar refractivity (Wildman–Crippen MR) is 129 cm³/mol. The molecule has 4 heterocycles. The number of aliphatic hydroxyl groups is 1. The van der Waals surface area contributed by atoms with Crippen molar-refractivity contribution in [1.29, 1.82) is 0 Å². The molecule has 2 fully saturated rings. The van der Waals surface area contributed by atoms with Crippen LogP contribution >= 0.6 is 0 Å². The van der Waals surface area contributed by atoms with Gasteiger partial charge in [0.2, 0.25) is 11.7 Å². The molecule has 11 nitrogen and oxygen atoms in total. The van der Waals surface area contributed by atoms with Gasteiger partial charge in [-0.15, -0.1) is 5.10 Å². The number of nitrogens with one attached hydrogen (secondary N) is 1. The van der Waals surface area contributed by atoms with Crippen LogP contribution in [0, 0.1) is 5.92 Å². The summed E-state index contributed by atoms with van der Waals surface area (Å²) in [7, 11) is 4.74. The van der Waals surface area contributed by atoms with Gasteiger partial charge in [0.25, 0.3) is 0 Å². The molecule has 0 spiro atoms. The first kappa shape index (κ1) is 21.5. The maximum atomic E-state index is 9.94. The molecule has 1 aromatic carbocycles. The largest absolute Gasteiger partial charge is 0.493 e. The van der Waals surface area contributed by atoms with Crippen molar-refractivity contribution < 1.29 is 19.3 Å². The van der Waals surface area contributed by atoms with Gasteiger partial charge in [-0.1, -0.05) is 0 Å². The van der Waals surface area contributed by atoms with Gasteiger partial charge in [0.1, 0.15) is 11.8 Å². The zero-order valence-corrected chi connectivity index (χ0v) is 19.8. The van der Waals surface area contributed by atoms with Crippen molar-refractivity contribution in [1.82, 2.24) is 24.1 Å². The van der Waals surface area contributed by atoms with Crippen LogP contribution in [-0.4, -0.2) is 69.3 Å². The summed E-state index contributed by atoms with van der Waals surface area (Å²) in [4.78, 5) is 11.6. The van der Waals surface area contributed by atoms with E-state index in [0.717, 1.165) is 29.9 Å². The van der Waals surface area contributed by atoms with E-state index in [1.54, 1.807) is 27.7 Å². The van der Waals surface area contributed by atoms with Gasteiger partial charge in [-0.2, -0.15) is 4.98 Å². The zero-order chi connectivity index (χ0) is 24.1. The Balaban J connectivity index is 1.32. The second-order valence-electron chi connectivity index (χ2n) is 8.81. The minimum absolute atomic E-state index is 0.0828. The lowest BCUT2D eigenvalue weighted by Crippen LogP contribution is -2.36. The Hall–Kier alpha value is -3.99. The summed E-state index contributed by atoms with van der Waals surface area (Å²) in [6, 6.07) is 8.17. The molecule has 2 aliphatic rings. The lowest BCUT2D eigenvalue weighted by molar-refractivity contribution is 0.259. The van der Waals surface area contributed by atoms with Crippen molar-refractivity contribution in [2.75, 3.05) is 38.2 Å². The molecule has 4 aromatic rings. The smallest absolute Gasteiger partial charge is 0.248 e. The summed E-state index contributed by atoms with van der Waals surface area (Å²) in [5.74, 6) is 4.12. The third-order valence-corrected chi connectivity index (χ3v) is 6.81. The molecule has 1 saturated carbocycles. The lowest BCUT2D eigenvalue weighted by Gasteiger charge is -2.28. The molecular weight excluding hydrogens is 450 g/mol. The Kier molecular flexibility index (Phi) is 5.14. The van der Waals surface area contributed by atoms with Crippen molar-refractivity contribution in [3.8, 4) is 22.9 Å². The van der Waals surface area contributed by atoms with Crippen molar-refractivity contribution in [3.05, 3.63) is 43.0 Å². The van der Waals surface area contributed by atoms with E-state index in [1.165, 1.54) is 0 Å². The third kappa shape index (κ3) is 3.59. The zero-order valence-electron chi connectivity index (χ0n) is 19.8. The highest BCUT2D eigenvalue weighted by atomic mass is 16.5. The summed E-state index contributed by atoms with van der Waals surface area (Å²) < 4.78 is 20.0. The number of piperidine rings is 1. The number of fused-ring (bicyclic) bond motifs is 2. The van der Waals surface area contributed by atoms with Crippen LogP contribution in [0.1, 0.15) is 12.8 Å². The van der Waals surface area contributed by atoms with Crippen LogP contribution in [0.3, 0.4) is 0 Å². The van der Waals surface area contributed by atoms with Crippen molar-refractivity contribution in [2.45, 2.75) is 24.9 Å². The van der Waals surface area contributed by atoms with E-state index in [-0.39, 0.29) is 12.6 Å². The van der Waals surface area contributed by atoms with Gasteiger partial charge in [0.05, 0.1) is 45.9 Å². The van der Waals surface area contributed by atoms with Crippen molar-refractivity contribution in [2.24, 2.45) is 5.92 Å². The number of rotatable bonds is 8. The van der Waals surface area contributed by atoms with Gasteiger partial charge in [-0.25, -0.2) is 9.50 Å². The SMILES string of the molecule is COc1cc(-n2cnc(Nc3nc(N4[C@H](CO)C[C@H]5C[C@H]54)c4cccn4n3)c2)cc(OC)c1OC. The standard InChI is InChI=1S/C24H27N7O4/c1-33-19-9-15(10-20(34-2)22(19)35-3)29-11-21(25-13-29)26-24-27-23(17-5-4-6-30(17)28-24)31-16(12-32)7-14-8-18(14)31/h4-6,9-11,13-14,16,18,32H,7-8,12H2,1-3H3,(H,26,28)/t14-,16-,18+/m0/s1. The monoisotopic (exact) mass is 477 g/mol. The van der Waals surface area contributed by atoms with Crippen LogP contribution < -0.4 is 24.4 Å². The molecule has 0 unspecified atom stereocenters.